The van der Waals surface area contributed by atoms with Gasteiger partial charge in [0, 0.05) is 14.9 Å². The summed E-state index contributed by atoms with van der Waals surface area (Å²) in [4.78, 5) is 11.9. The highest BCUT2D eigenvalue weighted by atomic mass is 79.9. The summed E-state index contributed by atoms with van der Waals surface area (Å²) in [5, 5.41) is 9.11. The summed E-state index contributed by atoms with van der Waals surface area (Å²) in [6.07, 6.45) is 0.591. The third-order valence-electron chi connectivity index (χ3n) is 2.77. The van der Waals surface area contributed by atoms with Crippen molar-refractivity contribution in [1.82, 2.24) is 0 Å². The zero-order valence-electron chi connectivity index (χ0n) is 10.0. The number of nitrogens with two attached hydrogens (primary N) is 1. The zero-order chi connectivity index (χ0) is 14.2. The van der Waals surface area contributed by atoms with Gasteiger partial charge in [0.1, 0.15) is 10.7 Å². The molecule has 6 heteroatoms. The molecule has 0 aliphatic rings. The van der Waals surface area contributed by atoms with E-state index in [9.17, 15) is 9.18 Å². The molecule has 1 heterocycles. The van der Waals surface area contributed by atoms with Gasteiger partial charge in [-0.05, 0) is 30.2 Å². The fourth-order valence-corrected chi connectivity index (χ4v) is 3.63. The summed E-state index contributed by atoms with van der Waals surface area (Å²) < 4.78 is 14.1. The van der Waals surface area contributed by atoms with Crippen LogP contribution in [0.3, 0.4) is 0 Å². The number of nitrogen functional groups attached to an aromatic ring is 1. The number of hydrogen-bond donors (Lipinski definition) is 2. The molecule has 3 nitrogen and oxygen atoms in total. The summed E-state index contributed by atoms with van der Waals surface area (Å²) in [7, 11) is 0. The molecule has 0 atom stereocenters. The lowest BCUT2D eigenvalue weighted by molar-refractivity contribution is 0.0703. The summed E-state index contributed by atoms with van der Waals surface area (Å²) in [6, 6.07) is 4.31. The van der Waals surface area contributed by atoms with Crippen LogP contribution in [0.4, 0.5) is 10.1 Å². The summed E-state index contributed by atoms with van der Waals surface area (Å²) >= 11 is 4.43. The maximum Gasteiger partial charge on any atom is 0.348 e. The predicted molar refractivity (Wildman–Crippen MR) is 78.2 cm³/mol. The van der Waals surface area contributed by atoms with Gasteiger partial charge in [-0.1, -0.05) is 22.9 Å². The van der Waals surface area contributed by atoms with Crippen molar-refractivity contribution < 1.29 is 14.3 Å². The average Bonchev–Trinajstić information content (AvgIpc) is 2.69. The van der Waals surface area contributed by atoms with E-state index in [0.717, 1.165) is 16.9 Å². The van der Waals surface area contributed by atoms with E-state index in [1.54, 1.807) is 6.07 Å². The summed E-state index contributed by atoms with van der Waals surface area (Å²) in [5.74, 6) is -1.43. The Labute approximate surface area is 122 Å². The molecular formula is C13H11BrFNO2S. The van der Waals surface area contributed by atoms with Crippen LogP contribution >= 0.6 is 27.3 Å². The largest absolute Gasteiger partial charge is 0.477 e. The summed E-state index contributed by atoms with van der Waals surface area (Å²) in [5.41, 5.74) is 7.50. The number of halogens is 2. The molecule has 0 amide bonds. The fourth-order valence-electron chi connectivity index (χ4n) is 1.88. The van der Waals surface area contributed by atoms with Crippen molar-refractivity contribution in [2.75, 3.05) is 5.73 Å². The zero-order valence-corrected chi connectivity index (χ0v) is 12.4. The second-order valence-corrected chi connectivity index (χ2v) is 5.81. The van der Waals surface area contributed by atoms with Crippen LogP contribution in [-0.4, -0.2) is 11.1 Å². The molecular weight excluding hydrogens is 333 g/mol. The number of aromatic carboxylic acids is 1. The second-order valence-electron chi connectivity index (χ2n) is 3.94. The molecule has 1 aromatic carbocycles. The Hall–Kier alpha value is -1.40. The quantitative estimate of drug-likeness (QED) is 0.879. The Morgan fingerprint density at radius 2 is 2.21 bits per heavy atom. The Bertz CT molecular complexity index is 654. The third-order valence-corrected chi connectivity index (χ3v) is 4.73. The topological polar surface area (TPSA) is 63.3 Å². The first-order chi connectivity index (χ1) is 8.95. The van der Waals surface area contributed by atoms with Crippen LogP contribution in [0, 0.1) is 5.82 Å². The van der Waals surface area contributed by atoms with Crippen LogP contribution < -0.4 is 5.73 Å². The Morgan fingerprint density at radius 3 is 2.79 bits per heavy atom. The Morgan fingerprint density at radius 1 is 1.53 bits per heavy atom. The van der Waals surface area contributed by atoms with Gasteiger partial charge in [0.2, 0.25) is 0 Å². The molecule has 2 rings (SSSR count). The Kier molecular flexibility index (Phi) is 3.91. The average molecular weight is 344 g/mol. The van der Waals surface area contributed by atoms with Gasteiger partial charge in [0.25, 0.3) is 0 Å². The van der Waals surface area contributed by atoms with Crippen LogP contribution in [-0.2, 0) is 6.42 Å². The van der Waals surface area contributed by atoms with Crippen molar-refractivity contribution in [2.24, 2.45) is 0 Å². The first-order valence-electron chi connectivity index (χ1n) is 5.55. The highest BCUT2D eigenvalue weighted by molar-refractivity contribution is 9.10. The lowest BCUT2D eigenvalue weighted by Crippen LogP contribution is -1.99. The van der Waals surface area contributed by atoms with Crippen LogP contribution in [0.25, 0.3) is 10.4 Å². The minimum Gasteiger partial charge on any atom is -0.477 e. The molecule has 0 spiro atoms. The maximum absolute atomic E-state index is 13.4. The number of carboxylic acids is 1. The smallest absolute Gasteiger partial charge is 0.348 e. The molecule has 0 aliphatic heterocycles. The van der Waals surface area contributed by atoms with E-state index in [1.165, 1.54) is 12.1 Å². The Balaban J connectivity index is 2.71. The van der Waals surface area contributed by atoms with Gasteiger partial charge in [-0.2, -0.15) is 0 Å². The van der Waals surface area contributed by atoms with Crippen molar-refractivity contribution in [3.63, 3.8) is 0 Å². The minimum atomic E-state index is -1.06. The fraction of sp³-hybridized carbons (Fsp3) is 0.154. The van der Waals surface area contributed by atoms with Crippen LogP contribution in [0.1, 0.15) is 22.2 Å². The standard InChI is InChI=1S/C13H11BrFNO2S/c1-2-7-10(16)12(13(17)18)19-11(7)8-5-6(15)3-4-9(8)14/h3-5H,2,16H2,1H3,(H,17,18). The van der Waals surface area contributed by atoms with Crippen molar-refractivity contribution >= 4 is 38.9 Å². The molecule has 0 aliphatic carbocycles. The van der Waals surface area contributed by atoms with E-state index in [-0.39, 0.29) is 16.4 Å². The van der Waals surface area contributed by atoms with Crippen molar-refractivity contribution in [2.45, 2.75) is 13.3 Å². The number of benzene rings is 1. The van der Waals surface area contributed by atoms with Gasteiger partial charge < -0.3 is 10.8 Å². The van der Waals surface area contributed by atoms with Crippen molar-refractivity contribution in [1.29, 1.82) is 0 Å². The molecule has 0 bridgehead atoms. The van der Waals surface area contributed by atoms with Crippen molar-refractivity contribution in [3.05, 3.63) is 38.9 Å². The SMILES string of the molecule is CCc1c(-c2cc(F)ccc2Br)sc(C(=O)O)c1N. The predicted octanol–water partition coefficient (Wildman–Crippen LogP) is 4.16. The van der Waals surface area contributed by atoms with E-state index < -0.39 is 5.97 Å². The first kappa shape index (κ1) is 14.0. The van der Waals surface area contributed by atoms with Crippen LogP contribution in [0.2, 0.25) is 0 Å². The van der Waals surface area contributed by atoms with E-state index in [0.29, 0.717) is 21.3 Å². The lowest BCUT2D eigenvalue weighted by atomic mass is 10.1. The highest BCUT2D eigenvalue weighted by Crippen LogP contribution is 2.42. The number of anilines is 1. The molecule has 0 fully saturated rings. The monoisotopic (exact) mass is 343 g/mol. The van der Waals surface area contributed by atoms with Gasteiger partial charge in [0.05, 0.1) is 5.69 Å². The number of thiophene rings is 1. The number of carbonyl (C=O) groups is 1. The highest BCUT2D eigenvalue weighted by Gasteiger charge is 2.21. The van der Waals surface area contributed by atoms with E-state index in [4.69, 9.17) is 10.8 Å². The van der Waals surface area contributed by atoms with Gasteiger partial charge in [-0.25, -0.2) is 9.18 Å². The van der Waals surface area contributed by atoms with Crippen LogP contribution in [0.15, 0.2) is 22.7 Å². The van der Waals surface area contributed by atoms with Crippen molar-refractivity contribution in [3.8, 4) is 10.4 Å². The maximum atomic E-state index is 13.4. The molecule has 0 saturated heterocycles. The molecule has 2 aromatic rings. The third kappa shape index (κ3) is 2.50. The first-order valence-corrected chi connectivity index (χ1v) is 7.16. The molecule has 19 heavy (non-hydrogen) atoms. The molecule has 0 unspecified atom stereocenters. The minimum absolute atomic E-state index is 0.100. The lowest BCUT2D eigenvalue weighted by Gasteiger charge is -2.05. The molecule has 1 aromatic heterocycles. The van der Waals surface area contributed by atoms with Gasteiger partial charge >= 0.3 is 5.97 Å². The van der Waals surface area contributed by atoms with Crippen LogP contribution in [0.5, 0.6) is 0 Å². The van der Waals surface area contributed by atoms with E-state index in [2.05, 4.69) is 15.9 Å². The molecule has 0 saturated carbocycles. The number of rotatable bonds is 3. The summed E-state index contributed by atoms with van der Waals surface area (Å²) in [6.45, 7) is 1.89. The molecule has 100 valence electrons. The van der Waals surface area contributed by atoms with E-state index >= 15 is 0 Å². The van der Waals surface area contributed by atoms with Gasteiger partial charge in [0.15, 0.2) is 0 Å². The van der Waals surface area contributed by atoms with Gasteiger partial charge in [-0.15, -0.1) is 11.3 Å². The number of carboxylic acid groups (broad SMARTS) is 1. The van der Waals surface area contributed by atoms with E-state index in [1.807, 2.05) is 6.92 Å². The molecule has 0 radical (unpaired) electrons. The number of hydrogen-bond acceptors (Lipinski definition) is 3. The molecule has 3 N–H and O–H groups in total. The second kappa shape index (κ2) is 5.30. The van der Waals surface area contributed by atoms with Gasteiger partial charge in [-0.3, -0.25) is 0 Å². The normalized spacial score (nSPS) is 10.7.